The van der Waals surface area contributed by atoms with E-state index in [9.17, 15) is 4.79 Å². The van der Waals surface area contributed by atoms with Crippen molar-refractivity contribution in [1.29, 1.82) is 0 Å². The summed E-state index contributed by atoms with van der Waals surface area (Å²) in [6.45, 7) is 3.91. The fourth-order valence-corrected chi connectivity index (χ4v) is 2.39. The third-order valence-corrected chi connectivity index (χ3v) is 3.60. The van der Waals surface area contributed by atoms with Gasteiger partial charge in [0, 0.05) is 45.0 Å². The molecule has 0 aliphatic carbocycles. The van der Waals surface area contributed by atoms with Crippen molar-refractivity contribution in [3.8, 4) is 0 Å². The highest BCUT2D eigenvalue weighted by molar-refractivity contribution is 5.76. The van der Waals surface area contributed by atoms with Crippen LogP contribution in [0.2, 0.25) is 0 Å². The predicted octanol–water partition coefficient (Wildman–Crippen LogP) is 0.644. The second-order valence-electron chi connectivity index (χ2n) is 5.03. The van der Waals surface area contributed by atoms with Crippen molar-refractivity contribution >= 4 is 11.7 Å². The Balaban J connectivity index is 1.72. The molecule has 6 heteroatoms. The number of piperazine rings is 1. The molecule has 1 aromatic heterocycles. The summed E-state index contributed by atoms with van der Waals surface area (Å²) in [5.74, 6) is 1.16. The Morgan fingerprint density at radius 2 is 1.95 bits per heavy atom. The molecule has 0 atom stereocenters. The van der Waals surface area contributed by atoms with Gasteiger partial charge in [0.15, 0.2) is 0 Å². The molecule has 2 N–H and O–H groups in total. The second kappa shape index (κ2) is 7.79. The fraction of sp³-hybridized carbons (Fsp3) is 0.643. The van der Waals surface area contributed by atoms with Crippen LogP contribution in [0.5, 0.6) is 0 Å². The van der Waals surface area contributed by atoms with Gasteiger partial charge in [-0.25, -0.2) is 4.98 Å². The number of nitrogens with zero attached hydrogens (tertiary/aromatic N) is 4. The molecule has 0 radical (unpaired) electrons. The summed E-state index contributed by atoms with van der Waals surface area (Å²) in [6, 6.07) is 0. The molecule has 1 fully saturated rings. The fourth-order valence-electron chi connectivity index (χ4n) is 2.39. The number of aromatic nitrogens is 2. The molecule has 1 saturated heterocycles. The van der Waals surface area contributed by atoms with E-state index in [0.29, 0.717) is 13.0 Å². The zero-order chi connectivity index (χ0) is 14.2. The highest BCUT2D eigenvalue weighted by atomic mass is 16.2. The average molecular weight is 277 g/mol. The molecule has 6 nitrogen and oxygen atoms in total. The van der Waals surface area contributed by atoms with Gasteiger partial charge in [0.05, 0.1) is 6.20 Å². The Hall–Kier alpha value is -1.69. The monoisotopic (exact) mass is 277 g/mol. The van der Waals surface area contributed by atoms with Crippen LogP contribution in [0.3, 0.4) is 0 Å². The smallest absolute Gasteiger partial charge is 0.222 e. The minimum atomic E-state index is 0.265. The Morgan fingerprint density at radius 1 is 1.15 bits per heavy atom. The summed E-state index contributed by atoms with van der Waals surface area (Å²) in [7, 11) is 0. The average Bonchev–Trinajstić information content (AvgIpc) is 2.52. The van der Waals surface area contributed by atoms with Gasteiger partial charge in [-0.1, -0.05) is 6.42 Å². The number of nitrogens with two attached hydrogens (primary N) is 1. The van der Waals surface area contributed by atoms with Gasteiger partial charge in [-0.2, -0.15) is 0 Å². The van der Waals surface area contributed by atoms with Gasteiger partial charge in [0.1, 0.15) is 5.82 Å². The largest absolute Gasteiger partial charge is 0.352 e. The van der Waals surface area contributed by atoms with Crippen molar-refractivity contribution in [3.63, 3.8) is 0 Å². The molecule has 1 aliphatic heterocycles. The Labute approximate surface area is 120 Å². The van der Waals surface area contributed by atoms with Crippen LogP contribution in [0.4, 0.5) is 5.82 Å². The molecular weight excluding hydrogens is 254 g/mol. The molecule has 0 unspecified atom stereocenters. The molecule has 2 heterocycles. The van der Waals surface area contributed by atoms with Crippen LogP contribution in [0, 0.1) is 0 Å². The number of unbranched alkanes of at least 4 members (excludes halogenated alkanes) is 2. The lowest BCUT2D eigenvalue weighted by Crippen LogP contribution is -2.49. The summed E-state index contributed by atoms with van der Waals surface area (Å²) in [6.07, 6.45) is 8.78. The summed E-state index contributed by atoms with van der Waals surface area (Å²) in [5.41, 5.74) is 5.45. The predicted molar refractivity (Wildman–Crippen MR) is 78.3 cm³/mol. The van der Waals surface area contributed by atoms with Gasteiger partial charge in [-0.15, -0.1) is 0 Å². The van der Waals surface area contributed by atoms with Crippen LogP contribution in [-0.2, 0) is 4.79 Å². The molecule has 0 bridgehead atoms. The van der Waals surface area contributed by atoms with Crippen molar-refractivity contribution in [1.82, 2.24) is 14.9 Å². The molecule has 2 rings (SSSR count). The Kier molecular flexibility index (Phi) is 5.73. The van der Waals surface area contributed by atoms with Crippen molar-refractivity contribution < 1.29 is 4.79 Å². The van der Waals surface area contributed by atoms with Gasteiger partial charge >= 0.3 is 0 Å². The number of carbonyl (C=O) groups is 1. The van der Waals surface area contributed by atoms with Crippen LogP contribution in [0.25, 0.3) is 0 Å². The number of rotatable bonds is 6. The van der Waals surface area contributed by atoms with Gasteiger partial charge < -0.3 is 15.5 Å². The molecule has 0 aromatic carbocycles. The maximum Gasteiger partial charge on any atom is 0.222 e. The molecule has 1 amide bonds. The number of hydrogen-bond acceptors (Lipinski definition) is 5. The quantitative estimate of drug-likeness (QED) is 0.772. The van der Waals surface area contributed by atoms with Gasteiger partial charge in [0.25, 0.3) is 0 Å². The maximum absolute atomic E-state index is 12.1. The Bertz CT molecular complexity index is 403. The molecule has 110 valence electrons. The first-order valence-electron chi connectivity index (χ1n) is 7.30. The van der Waals surface area contributed by atoms with Crippen LogP contribution in [0.15, 0.2) is 18.6 Å². The highest BCUT2D eigenvalue weighted by Crippen LogP contribution is 2.12. The van der Waals surface area contributed by atoms with E-state index >= 15 is 0 Å². The molecule has 0 saturated carbocycles. The van der Waals surface area contributed by atoms with Crippen molar-refractivity contribution in [2.24, 2.45) is 5.73 Å². The third kappa shape index (κ3) is 4.16. The van der Waals surface area contributed by atoms with Gasteiger partial charge in [-0.3, -0.25) is 9.78 Å². The van der Waals surface area contributed by atoms with Crippen molar-refractivity contribution in [3.05, 3.63) is 18.6 Å². The van der Waals surface area contributed by atoms with E-state index in [2.05, 4.69) is 14.9 Å². The summed E-state index contributed by atoms with van der Waals surface area (Å²) >= 11 is 0. The topological polar surface area (TPSA) is 75.4 Å². The summed E-state index contributed by atoms with van der Waals surface area (Å²) < 4.78 is 0. The maximum atomic E-state index is 12.1. The molecular formula is C14H23N5O. The van der Waals surface area contributed by atoms with Gasteiger partial charge in [0.2, 0.25) is 5.91 Å². The lowest BCUT2D eigenvalue weighted by molar-refractivity contribution is -0.131. The minimum absolute atomic E-state index is 0.265. The zero-order valence-electron chi connectivity index (χ0n) is 11.9. The van der Waals surface area contributed by atoms with Crippen LogP contribution >= 0.6 is 0 Å². The number of carbonyl (C=O) groups excluding carboxylic acids is 1. The van der Waals surface area contributed by atoms with Crippen molar-refractivity contribution in [2.45, 2.75) is 25.7 Å². The Morgan fingerprint density at radius 3 is 2.60 bits per heavy atom. The summed E-state index contributed by atoms with van der Waals surface area (Å²) in [5, 5.41) is 0. The van der Waals surface area contributed by atoms with Gasteiger partial charge in [-0.05, 0) is 19.4 Å². The number of anilines is 1. The normalized spacial score (nSPS) is 15.4. The molecule has 20 heavy (non-hydrogen) atoms. The summed E-state index contributed by atoms with van der Waals surface area (Å²) in [4.78, 5) is 24.5. The van der Waals surface area contributed by atoms with E-state index in [1.165, 1.54) is 0 Å². The third-order valence-electron chi connectivity index (χ3n) is 3.60. The lowest BCUT2D eigenvalue weighted by Gasteiger charge is -2.35. The van der Waals surface area contributed by atoms with Crippen molar-refractivity contribution in [2.75, 3.05) is 37.6 Å². The first kappa shape index (κ1) is 14.7. The van der Waals surface area contributed by atoms with E-state index in [1.54, 1.807) is 18.6 Å². The standard InChI is InChI=1S/C14H23N5O/c15-5-3-1-2-4-14(20)19-10-8-18(9-11-19)13-12-16-6-7-17-13/h6-7,12H,1-5,8-11,15H2. The van der Waals surface area contributed by atoms with E-state index in [0.717, 1.165) is 51.3 Å². The van der Waals surface area contributed by atoms with E-state index < -0.39 is 0 Å². The number of amides is 1. The van der Waals surface area contributed by atoms with Crippen LogP contribution in [0.1, 0.15) is 25.7 Å². The molecule has 1 aliphatic rings. The first-order chi connectivity index (χ1) is 9.81. The minimum Gasteiger partial charge on any atom is -0.352 e. The molecule has 1 aromatic rings. The second-order valence-corrected chi connectivity index (χ2v) is 5.03. The van der Waals surface area contributed by atoms with Crippen LogP contribution in [-0.4, -0.2) is 53.5 Å². The van der Waals surface area contributed by atoms with E-state index in [1.807, 2.05) is 4.90 Å². The lowest BCUT2D eigenvalue weighted by atomic mass is 10.1. The highest BCUT2D eigenvalue weighted by Gasteiger charge is 2.21. The zero-order valence-corrected chi connectivity index (χ0v) is 11.9. The van der Waals surface area contributed by atoms with E-state index in [-0.39, 0.29) is 5.91 Å². The van der Waals surface area contributed by atoms with E-state index in [4.69, 9.17) is 5.73 Å². The number of hydrogen-bond donors (Lipinski definition) is 1. The first-order valence-corrected chi connectivity index (χ1v) is 7.30. The van der Waals surface area contributed by atoms with Crippen LogP contribution < -0.4 is 10.6 Å². The SMILES string of the molecule is NCCCCCC(=O)N1CCN(c2cnccn2)CC1. The molecule has 0 spiro atoms.